The van der Waals surface area contributed by atoms with Crippen LogP contribution in [0.1, 0.15) is 26.7 Å². The number of anilines is 1. The molecule has 0 spiro atoms. The highest BCUT2D eigenvalue weighted by Gasteiger charge is 2.15. The predicted molar refractivity (Wildman–Crippen MR) is 84.8 cm³/mol. The number of nitrogens with zero attached hydrogens (tertiary/aromatic N) is 2. The summed E-state index contributed by atoms with van der Waals surface area (Å²) in [7, 11) is 0. The molecule has 1 aromatic heterocycles. The average molecular weight is 317 g/mol. The van der Waals surface area contributed by atoms with Gasteiger partial charge in [0.15, 0.2) is 0 Å². The quantitative estimate of drug-likeness (QED) is 0.803. The van der Waals surface area contributed by atoms with Gasteiger partial charge in [0, 0.05) is 32.1 Å². The third-order valence-corrected chi connectivity index (χ3v) is 3.21. The van der Waals surface area contributed by atoms with Crippen molar-refractivity contribution < 1.29 is 9.53 Å². The Labute approximate surface area is 132 Å². The fourth-order valence-corrected chi connectivity index (χ4v) is 2.29. The Morgan fingerprint density at radius 1 is 1.57 bits per heavy atom. The van der Waals surface area contributed by atoms with Gasteiger partial charge in [0.2, 0.25) is 11.9 Å². The van der Waals surface area contributed by atoms with Crippen LogP contribution in [-0.4, -0.2) is 41.3 Å². The number of hydrogen-bond donors (Lipinski definition) is 2. The Morgan fingerprint density at radius 2 is 2.38 bits per heavy atom. The molecule has 0 aliphatic carbocycles. The fraction of sp³-hybridized carbons (Fsp3) is 0.714. The van der Waals surface area contributed by atoms with Gasteiger partial charge in [-0.15, -0.1) is 12.4 Å². The average Bonchev–Trinajstić information content (AvgIpc) is 3.01. The van der Waals surface area contributed by atoms with Gasteiger partial charge < -0.3 is 14.6 Å². The number of halogens is 1. The van der Waals surface area contributed by atoms with E-state index < -0.39 is 0 Å². The van der Waals surface area contributed by atoms with Crippen molar-refractivity contribution in [3.05, 3.63) is 12.4 Å². The molecule has 21 heavy (non-hydrogen) atoms. The summed E-state index contributed by atoms with van der Waals surface area (Å²) in [6.07, 6.45) is 6.04. The molecule has 0 saturated carbocycles. The molecule has 6 nitrogen and oxygen atoms in total. The first-order valence-corrected chi connectivity index (χ1v) is 7.28. The lowest BCUT2D eigenvalue weighted by atomic mass is 10.2. The molecule has 2 rings (SSSR count). The largest absolute Gasteiger partial charge is 0.377 e. The number of ether oxygens (including phenoxy) is 1. The van der Waals surface area contributed by atoms with E-state index >= 15 is 0 Å². The third kappa shape index (κ3) is 6.03. The summed E-state index contributed by atoms with van der Waals surface area (Å²) in [4.78, 5) is 16.0. The van der Waals surface area contributed by atoms with Gasteiger partial charge in [0.25, 0.3) is 0 Å². The van der Waals surface area contributed by atoms with E-state index in [0.29, 0.717) is 11.9 Å². The van der Waals surface area contributed by atoms with Gasteiger partial charge in [-0.05, 0) is 18.8 Å². The van der Waals surface area contributed by atoms with Gasteiger partial charge in [-0.25, -0.2) is 4.98 Å². The van der Waals surface area contributed by atoms with Crippen LogP contribution in [0.3, 0.4) is 0 Å². The zero-order valence-corrected chi connectivity index (χ0v) is 13.5. The molecule has 1 saturated heterocycles. The van der Waals surface area contributed by atoms with E-state index in [-0.39, 0.29) is 31.0 Å². The molecule has 2 N–H and O–H groups in total. The van der Waals surface area contributed by atoms with E-state index in [9.17, 15) is 4.79 Å². The standard InChI is InChI=1S/C14H24N4O2.ClH/c1-11(2)10-18-6-5-16-14(18)17-13(19)9-15-8-12-4-3-7-20-12;/h5-6,11-12,15H,3-4,7-10H2,1-2H3,(H,16,17,19);1H. The zero-order valence-electron chi connectivity index (χ0n) is 12.7. The second-order valence-electron chi connectivity index (χ2n) is 5.61. The Hall–Kier alpha value is -1.11. The van der Waals surface area contributed by atoms with Crippen LogP contribution >= 0.6 is 12.4 Å². The molecule has 1 aliphatic heterocycles. The number of rotatable bonds is 7. The van der Waals surface area contributed by atoms with Crippen LogP contribution in [0.2, 0.25) is 0 Å². The van der Waals surface area contributed by atoms with Gasteiger partial charge in [-0.1, -0.05) is 13.8 Å². The lowest BCUT2D eigenvalue weighted by Gasteiger charge is -2.12. The maximum atomic E-state index is 11.9. The molecular formula is C14H25ClN4O2. The molecule has 7 heteroatoms. The van der Waals surface area contributed by atoms with E-state index in [2.05, 4.69) is 29.5 Å². The topological polar surface area (TPSA) is 68.2 Å². The van der Waals surface area contributed by atoms with Gasteiger partial charge in [-0.2, -0.15) is 0 Å². The molecule has 0 radical (unpaired) electrons. The first kappa shape index (κ1) is 17.9. The summed E-state index contributed by atoms with van der Waals surface area (Å²) in [5, 5.41) is 5.96. The molecule has 2 heterocycles. The van der Waals surface area contributed by atoms with Crippen LogP contribution in [0, 0.1) is 5.92 Å². The molecule has 1 unspecified atom stereocenters. The van der Waals surface area contributed by atoms with E-state index in [1.54, 1.807) is 6.20 Å². The van der Waals surface area contributed by atoms with Crippen molar-refractivity contribution in [2.45, 2.75) is 39.3 Å². The summed E-state index contributed by atoms with van der Waals surface area (Å²) in [5.41, 5.74) is 0. The maximum Gasteiger partial charge on any atom is 0.240 e. The minimum absolute atomic E-state index is 0. The molecule has 1 aliphatic rings. The van der Waals surface area contributed by atoms with Crippen molar-refractivity contribution in [3.8, 4) is 0 Å². The number of imidazole rings is 1. The van der Waals surface area contributed by atoms with Gasteiger partial charge in [-0.3, -0.25) is 10.1 Å². The van der Waals surface area contributed by atoms with Gasteiger partial charge >= 0.3 is 0 Å². The second kappa shape index (κ2) is 9.02. The molecule has 1 aromatic rings. The molecule has 120 valence electrons. The Balaban J connectivity index is 0.00000220. The monoisotopic (exact) mass is 316 g/mol. The number of nitrogens with one attached hydrogen (secondary N) is 2. The third-order valence-electron chi connectivity index (χ3n) is 3.21. The second-order valence-corrected chi connectivity index (χ2v) is 5.61. The van der Waals surface area contributed by atoms with Gasteiger partial charge in [0.05, 0.1) is 12.6 Å². The smallest absolute Gasteiger partial charge is 0.240 e. The summed E-state index contributed by atoms with van der Waals surface area (Å²) >= 11 is 0. The van der Waals surface area contributed by atoms with Crippen molar-refractivity contribution in [1.29, 1.82) is 0 Å². The number of aromatic nitrogens is 2. The van der Waals surface area contributed by atoms with E-state index in [1.807, 2.05) is 10.8 Å². The van der Waals surface area contributed by atoms with Crippen molar-refractivity contribution in [2.75, 3.05) is 25.0 Å². The first-order valence-electron chi connectivity index (χ1n) is 7.28. The van der Waals surface area contributed by atoms with Crippen LogP contribution in [-0.2, 0) is 16.1 Å². The van der Waals surface area contributed by atoms with Crippen LogP contribution < -0.4 is 10.6 Å². The van der Waals surface area contributed by atoms with E-state index in [1.165, 1.54) is 0 Å². The number of carbonyl (C=O) groups excluding carboxylic acids is 1. The molecule has 1 amide bonds. The van der Waals surface area contributed by atoms with Crippen molar-refractivity contribution >= 4 is 24.3 Å². The fourth-order valence-electron chi connectivity index (χ4n) is 2.29. The predicted octanol–water partition coefficient (Wildman–Crippen LogP) is 1.67. The zero-order chi connectivity index (χ0) is 14.4. The first-order chi connectivity index (χ1) is 9.65. The number of hydrogen-bond acceptors (Lipinski definition) is 4. The summed E-state index contributed by atoms with van der Waals surface area (Å²) in [6.45, 7) is 6.97. The Morgan fingerprint density at radius 3 is 3.05 bits per heavy atom. The Kier molecular flexibility index (Phi) is 7.71. The maximum absolute atomic E-state index is 11.9. The highest BCUT2D eigenvalue weighted by molar-refractivity contribution is 5.90. The van der Waals surface area contributed by atoms with Crippen LogP contribution in [0.25, 0.3) is 0 Å². The summed E-state index contributed by atoms with van der Waals surface area (Å²) in [6, 6.07) is 0. The van der Waals surface area contributed by atoms with E-state index in [4.69, 9.17) is 4.74 Å². The minimum atomic E-state index is -0.0702. The van der Waals surface area contributed by atoms with Crippen molar-refractivity contribution in [3.63, 3.8) is 0 Å². The summed E-state index contributed by atoms with van der Waals surface area (Å²) in [5.74, 6) is 1.05. The molecule has 0 aromatic carbocycles. The van der Waals surface area contributed by atoms with Crippen molar-refractivity contribution in [2.24, 2.45) is 5.92 Å². The lowest BCUT2D eigenvalue weighted by Crippen LogP contribution is -2.34. The molecular weight excluding hydrogens is 292 g/mol. The van der Waals surface area contributed by atoms with Gasteiger partial charge in [0.1, 0.15) is 0 Å². The molecule has 1 atom stereocenters. The lowest BCUT2D eigenvalue weighted by molar-refractivity contribution is -0.115. The number of carbonyl (C=O) groups is 1. The van der Waals surface area contributed by atoms with Crippen LogP contribution in [0.15, 0.2) is 12.4 Å². The molecule has 1 fully saturated rings. The van der Waals surface area contributed by atoms with Crippen LogP contribution in [0.4, 0.5) is 5.95 Å². The SMILES string of the molecule is CC(C)Cn1ccnc1NC(=O)CNCC1CCCO1.Cl. The molecule has 0 bridgehead atoms. The minimum Gasteiger partial charge on any atom is -0.377 e. The summed E-state index contributed by atoms with van der Waals surface area (Å²) < 4.78 is 7.45. The Bertz CT molecular complexity index is 430. The highest BCUT2D eigenvalue weighted by Crippen LogP contribution is 2.10. The van der Waals surface area contributed by atoms with Crippen molar-refractivity contribution in [1.82, 2.24) is 14.9 Å². The van der Waals surface area contributed by atoms with E-state index in [0.717, 1.165) is 32.5 Å². The normalized spacial score (nSPS) is 17.8. The highest BCUT2D eigenvalue weighted by atomic mass is 35.5. The van der Waals surface area contributed by atoms with Crippen LogP contribution in [0.5, 0.6) is 0 Å². The number of amides is 1.